The third kappa shape index (κ3) is 5.74. The number of hydrogen-bond acceptors (Lipinski definition) is 5. The highest BCUT2D eigenvalue weighted by molar-refractivity contribution is 5.86. The van der Waals surface area contributed by atoms with Crippen LogP contribution in [0.3, 0.4) is 0 Å². The van der Waals surface area contributed by atoms with Crippen molar-refractivity contribution in [3.8, 4) is 11.1 Å². The Morgan fingerprint density at radius 2 is 1.80 bits per heavy atom. The third-order valence-electron chi connectivity index (χ3n) is 8.12. The molecule has 45 heavy (non-hydrogen) atoms. The van der Waals surface area contributed by atoms with Gasteiger partial charge in [-0.3, -0.25) is 14.5 Å². The molecule has 2 aliphatic rings. The number of fused-ring (bicyclic) bond motifs is 4. The maximum atomic E-state index is 13.8. The smallest absolute Gasteiger partial charge is 0.293 e. The lowest BCUT2D eigenvalue weighted by molar-refractivity contribution is -0.110. The van der Waals surface area contributed by atoms with Gasteiger partial charge in [-0.25, -0.2) is 27.5 Å². The van der Waals surface area contributed by atoms with Crippen LogP contribution in [-0.2, 0) is 23.7 Å². The first-order chi connectivity index (χ1) is 21.6. The highest BCUT2D eigenvalue weighted by Crippen LogP contribution is 2.68. The van der Waals surface area contributed by atoms with Crippen LogP contribution in [0.25, 0.3) is 21.9 Å². The fourth-order valence-electron chi connectivity index (χ4n) is 6.06. The molecule has 1 N–H and O–H groups in total. The first-order valence-electron chi connectivity index (χ1n) is 14.2. The first kappa shape index (κ1) is 30.2. The number of aryl methyl sites for hydroxylation is 1. The molecule has 2 aromatic carbocycles. The van der Waals surface area contributed by atoms with Crippen LogP contribution in [0, 0.1) is 17.6 Å². The summed E-state index contributed by atoms with van der Waals surface area (Å²) in [5, 5.41) is 8.31. The molecule has 3 aromatic heterocycles. The number of nitrogens with one attached hydrogen (secondary N) is 1. The minimum absolute atomic E-state index is 0.117. The fourth-order valence-corrected chi connectivity index (χ4v) is 6.06. The number of alkyl halides is 4. The quantitative estimate of drug-likeness (QED) is 0.148. The van der Waals surface area contributed by atoms with E-state index in [0.717, 1.165) is 32.6 Å². The second kappa shape index (κ2) is 11.9. The maximum absolute atomic E-state index is 13.8. The minimum atomic E-state index is -2.98. The molecule has 232 valence electrons. The van der Waals surface area contributed by atoms with Gasteiger partial charge in [0.2, 0.25) is 6.41 Å². The Morgan fingerprint density at radius 3 is 2.51 bits per heavy atom. The highest BCUT2D eigenvalue weighted by atomic mass is 19.3. The van der Waals surface area contributed by atoms with E-state index in [0.29, 0.717) is 24.1 Å². The topological polar surface area (TPSA) is 85.6 Å². The largest absolute Gasteiger partial charge is 0.350 e. The van der Waals surface area contributed by atoms with Crippen LogP contribution >= 0.6 is 0 Å². The number of benzene rings is 2. The zero-order chi connectivity index (χ0) is 31.9. The third-order valence-corrected chi connectivity index (χ3v) is 8.12. The van der Waals surface area contributed by atoms with Crippen LogP contribution in [0.2, 0.25) is 0 Å². The molecular formula is C32H26F6N6O. The predicted octanol–water partition coefficient (Wildman–Crippen LogP) is 7.05. The Morgan fingerprint density at radius 1 is 1.02 bits per heavy atom. The summed E-state index contributed by atoms with van der Waals surface area (Å²) in [6, 6.07) is 10.5. The molecule has 13 heteroatoms. The van der Waals surface area contributed by atoms with Crippen molar-refractivity contribution in [1.82, 2.24) is 30.0 Å². The van der Waals surface area contributed by atoms with Crippen molar-refractivity contribution in [1.29, 1.82) is 0 Å². The van der Waals surface area contributed by atoms with E-state index >= 15 is 0 Å². The number of carbonyl (C=O) groups excluding carboxylic acids is 1. The zero-order valence-corrected chi connectivity index (χ0v) is 23.8. The van der Waals surface area contributed by atoms with Gasteiger partial charge in [-0.15, -0.1) is 0 Å². The SMILES string of the molecule is CCn1nc(C(F)F)c2c1C(F)(F)C1CC21.O=CNC(Cc1cc(F)cc(F)c1)c1ncncc1-c1ccc2cnccc2c1. The van der Waals surface area contributed by atoms with Gasteiger partial charge in [0.05, 0.1) is 11.7 Å². The van der Waals surface area contributed by atoms with Crippen LogP contribution in [0.5, 0.6) is 0 Å². The molecule has 0 bridgehead atoms. The summed E-state index contributed by atoms with van der Waals surface area (Å²) >= 11 is 0. The van der Waals surface area contributed by atoms with Gasteiger partial charge < -0.3 is 5.32 Å². The molecule has 1 saturated carbocycles. The number of carbonyl (C=O) groups is 1. The Balaban J connectivity index is 0.000000187. The number of hydrogen-bond donors (Lipinski definition) is 1. The molecule has 0 aliphatic heterocycles. The van der Waals surface area contributed by atoms with E-state index in [-0.39, 0.29) is 24.2 Å². The molecule has 2 aliphatic carbocycles. The second-order valence-corrected chi connectivity index (χ2v) is 10.9. The van der Waals surface area contributed by atoms with Gasteiger partial charge in [0.1, 0.15) is 29.3 Å². The standard InChI is InChI=1S/C22H16F2N4O.C10H10F4N2/c23-18-5-14(6-19(24)9-18)7-21(28-13-29)22-20(11-26-12-27-22)16-1-2-17-10-25-4-3-15(17)8-16;1-2-16-8-6(7(15-16)9(11)12)4-3-5(4)10(8,13)14/h1-6,8-13,21H,7H2,(H,28,29);4-5,9H,2-3H2,1H3. The maximum Gasteiger partial charge on any atom is 0.293 e. The van der Waals surface area contributed by atoms with Gasteiger partial charge in [0, 0.05) is 53.6 Å². The van der Waals surface area contributed by atoms with Gasteiger partial charge in [0.15, 0.2) is 0 Å². The summed E-state index contributed by atoms with van der Waals surface area (Å²) in [4.78, 5) is 23.8. The van der Waals surface area contributed by atoms with Crippen LogP contribution in [0.1, 0.15) is 59.9 Å². The number of aromatic nitrogens is 5. The van der Waals surface area contributed by atoms with Gasteiger partial charge >= 0.3 is 0 Å². The predicted molar refractivity (Wildman–Crippen MR) is 152 cm³/mol. The van der Waals surface area contributed by atoms with E-state index in [1.165, 1.54) is 18.5 Å². The first-order valence-corrected chi connectivity index (χ1v) is 14.2. The zero-order valence-electron chi connectivity index (χ0n) is 23.8. The van der Waals surface area contributed by atoms with Crippen LogP contribution in [-0.4, -0.2) is 31.1 Å². The van der Waals surface area contributed by atoms with Crippen molar-refractivity contribution >= 4 is 17.2 Å². The molecule has 0 radical (unpaired) electrons. The van der Waals surface area contributed by atoms with E-state index in [4.69, 9.17) is 0 Å². The number of halogens is 6. The number of rotatable bonds is 8. The lowest BCUT2D eigenvalue weighted by Gasteiger charge is -2.19. The molecule has 7 nitrogen and oxygen atoms in total. The number of nitrogens with zero attached hydrogens (tertiary/aromatic N) is 5. The van der Waals surface area contributed by atoms with E-state index < -0.39 is 47.6 Å². The fraction of sp³-hybridized carbons (Fsp3) is 0.281. The van der Waals surface area contributed by atoms with Gasteiger partial charge in [0.25, 0.3) is 12.3 Å². The Labute approximate surface area is 253 Å². The molecular weight excluding hydrogens is 598 g/mol. The molecule has 3 unspecified atom stereocenters. The van der Waals surface area contributed by atoms with Crippen LogP contribution < -0.4 is 5.32 Å². The van der Waals surface area contributed by atoms with E-state index in [2.05, 4.69) is 25.4 Å². The summed E-state index contributed by atoms with van der Waals surface area (Å²) in [6.45, 7) is 1.83. The van der Waals surface area contributed by atoms with E-state index in [1.807, 2.05) is 24.3 Å². The molecule has 3 atom stereocenters. The van der Waals surface area contributed by atoms with Crippen molar-refractivity contribution < 1.29 is 31.1 Å². The molecule has 1 fully saturated rings. The van der Waals surface area contributed by atoms with Crippen molar-refractivity contribution in [2.24, 2.45) is 5.92 Å². The molecule has 0 saturated heterocycles. The molecule has 5 aromatic rings. The molecule has 3 heterocycles. The average Bonchev–Trinajstić information content (AvgIpc) is 3.67. The average molecular weight is 625 g/mol. The Hall–Kier alpha value is -4.81. The Bertz CT molecular complexity index is 1860. The summed E-state index contributed by atoms with van der Waals surface area (Å²) in [5.41, 5.74) is 1.96. The van der Waals surface area contributed by atoms with Crippen molar-refractivity contribution in [2.45, 2.75) is 50.6 Å². The molecule has 7 rings (SSSR count). The monoisotopic (exact) mass is 624 g/mol. The summed E-state index contributed by atoms with van der Waals surface area (Å²) in [7, 11) is 0. The lowest BCUT2D eigenvalue weighted by Crippen LogP contribution is -2.23. The molecule has 0 spiro atoms. The van der Waals surface area contributed by atoms with Crippen molar-refractivity contribution in [2.75, 3.05) is 0 Å². The van der Waals surface area contributed by atoms with Gasteiger partial charge in [-0.1, -0.05) is 12.1 Å². The number of amides is 1. The normalized spacial score (nSPS) is 18.1. The molecule has 1 amide bonds. The van der Waals surface area contributed by atoms with Crippen molar-refractivity contribution in [3.63, 3.8) is 0 Å². The summed E-state index contributed by atoms with van der Waals surface area (Å²) in [6.07, 6.45) is 4.81. The van der Waals surface area contributed by atoms with Crippen LogP contribution in [0.15, 0.2) is 67.4 Å². The summed E-state index contributed by atoms with van der Waals surface area (Å²) < 4.78 is 81.2. The van der Waals surface area contributed by atoms with Crippen LogP contribution in [0.4, 0.5) is 26.3 Å². The Kier molecular flexibility index (Phi) is 8.02. The lowest BCUT2D eigenvalue weighted by atomic mass is 9.95. The highest BCUT2D eigenvalue weighted by Gasteiger charge is 2.67. The number of pyridine rings is 1. The van der Waals surface area contributed by atoms with Gasteiger partial charge in [-0.05, 0) is 66.5 Å². The van der Waals surface area contributed by atoms with Crippen molar-refractivity contribution in [3.05, 3.63) is 107 Å². The van der Waals surface area contributed by atoms with Gasteiger partial charge in [-0.2, -0.15) is 13.9 Å². The minimum Gasteiger partial charge on any atom is -0.350 e. The summed E-state index contributed by atoms with van der Waals surface area (Å²) in [5.74, 6) is -5.48. The second-order valence-electron chi connectivity index (χ2n) is 10.9. The van der Waals surface area contributed by atoms with E-state index in [9.17, 15) is 31.1 Å². The van der Waals surface area contributed by atoms with E-state index in [1.54, 1.807) is 25.5 Å².